The molecule has 0 aliphatic carbocycles. The van der Waals surface area contributed by atoms with Crippen molar-refractivity contribution in [2.45, 2.75) is 0 Å². The van der Waals surface area contributed by atoms with Gasteiger partial charge in [0, 0.05) is 101 Å². The number of pyridine rings is 2. The van der Waals surface area contributed by atoms with Crippen molar-refractivity contribution in [1.29, 1.82) is 0 Å². The zero-order valence-corrected chi connectivity index (χ0v) is 33.6. The molecule has 0 aliphatic rings. The topological polar surface area (TPSA) is 58.5 Å². The van der Waals surface area contributed by atoms with Gasteiger partial charge >= 0.3 is 0 Å². The molecule has 5 aromatic heterocycles. The maximum Gasteiger partial charge on any atom is 0.134 e. The van der Waals surface area contributed by atoms with Gasteiger partial charge in [-0.2, -0.15) is 0 Å². The number of anilines is 6. The normalized spacial score (nSPS) is 11.3. The molecule has 0 unspecified atom stereocenters. The second-order valence-electron chi connectivity index (χ2n) is 14.7. The molecule has 5 heterocycles. The van der Waals surface area contributed by atoms with Crippen LogP contribution in [0.2, 0.25) is 0 Å². The minimum Gasteiger partial charge on any atom is -0.456 e. The van der Waals surface area contributed by atoms with Gasteiger partial charge in [0.1, 0.15) is 23.0 Å². The maximum absolute atomic E-state index is 6.28. The molecule has 0 amide bonds. The van der Waals surface area contributed by atoms with Crippen LogP contribution in [-0.2, 0) is 0 Å². The number of benzene rings is 6. The number of aromatic nitrogens is 2. The van der Waals surface area contributed by atoms with E-state index in [9.17, 15) is 0 Å². The van der Waals surface area contributed by atoms with E-state index >= 15 is 0 Å². The largest absolute Gasteiger partial charge is 0.456 e. The molecule has 0 spiro atoms. The molecule has 0 N–H and O–H groups in total. The molecule has 0 radical (unpaired) electrons. The van der Waals surface area contributed by atoms with E-state index in [1.807, 2.05) is 110 Å². The maximum atomic E-state index is 6.28. The molecule has 7 heteroatoms. The molecule has 6 nitrogen and oxygen atoms in total. The SMILES string of the molecule is c1ccc(-c2ccc(-c3ccc(N(c4ccncc4)c4ccc5c(c4)sc4cc(N(c6ccncc6)c6ccc(-c7ccc(-c8ccccc8)o7)cc6)ccc45)cc3)o2)cc1. The van der Waals surface area contributed by atoms with Crippen LogP contribution in [-0.4, -0.2) is 9.97 Å². The van der Waals surface area contributed by atoms with E-state index in [1.54, 1.807) is 11.3 Å². The first-order valence-corrected chi connectivity index (χ1v) is 20.9. The van der Waals surface area contributed by atoms with Gasteiger partial charge in [0.15, 0.2) is 0 Å². The summed E-state index contributed by atoms with van der Waals surface area (Å²) < 4.78 is 15.0. The van der Waals surface area contributed by atoms with Crippen molar-refractivity contribution < 1.29 is 8.83 Å². The lowest BCUT2D eigenvalue weighted by molar-refractivity contribution is 0.597. The standard InChI is InChI=1S/C54H36N4O2S/c1-3-7-37(8-4-1)49-23-25-51(59-49)39-11-15-41(16-12-39)57(43-27-31-55-32-28-43)45-19-21-47-48-22-20-46(36-54(48)61-53(47)35-45)58(44-29-33-56-34-30-44)42-17-13-40(14-18-42)52-26-24-50(60-52)38-9-5-2-6-10-38/h1-36H. The lowest BCUT2D eigenvalue weighted by atomic mass is 10.1. The zero-order valence-electron chi connectivity index (χ0n) is 32.8. The van der Waals surface area contributed by atoms with Crippen LogP contribution in [0.3, 0.4) is 0 Å². The predicted octanol–water partition coefficient (Wildman–Crippen LogP) is 15.6. The molecular formula is C54H36N4O2S. The van der Waals surface area contributed by atoms with Crippen LogP contribution < -0.4 is 9.80 Å². The number of thiophene rings is 1. The van der Waals surface area contributed by atoms with Crippen molar-refractivity contribution >= 4 is 65.6 Å². The molecule has 11 aromatic rings. The highest BCUT2D eigenvalue weighted by Crippen LogP contribution is 2.44. The van der Waals surface area contributed by atoms with Crippen molar-refractivity contribution in [3.8, 4) is 45.3 Å². The van der Waals surface area contributed by atoms with E-state index in [0.717, 1.165) is 79.4 Å². The fourth-order valence-corrected chi connectivity index (χ4v) is 9.14. The van der Waals surface area contributed by atoms with Gasteiger partial charge < -0.3 is 18.6 Å². The summed E-state index contributed by atoms with van der Waals surface area (Å²) in [6, 6.07) is 67.3. The summed E-state index contributed by atoms with van der Waals surface area (Å²) in [5.41, 5.74) is 10.4. The lowest BCUT2D eigenvalue weighted by Crippen LogP contribution is -2.09. The third-order valence-electron chi connectivity index (χ3n) is 10.9. The van der Waals surface area contributed by atoms with E-state index in [2.05, 4.69) is 129 Å². The third-order valence-corrected chi connectivity index (χ3v) is 12.1. The Balaban J connectivity index is 0.921. The van der Waals surface area contributed by atoms with Crippen molar-refractivity contribution in [3.05, 3.63) is 219 Å². The Labute approximate surface area is 356 Å². The number of fused-ring (bicyclic) bond motifs is 3. The Kier molecular flexibility index (Phi) is 9.26. The molecule has 0 fully saturated rings. The number of hydrogen-bond acceptors (Lipinski definition) is 7. The summed E-state index contributed by atoms with van der Waals surface area (Å²) >= 11 is 1.80. The molecule has 0 saturated heterocycles. The van der Waals surface area contributed by atoms with Crippen LogP contribution in [0.25, 0.3) is 65.5 Å². The Hall–Kier alpha value is -8.00. The van der Waals surface area contributed by atoms with Crippen molar-refractivity contribution in [1.82, 2.24) is 9.97 Å². The first-order valence-electron chi connectivity index (χ1n) is 20.1. The van der Waals surface area contributed by atoms with Gasteiger partial charge in [-0.1, -0.05) is 72.8 Å². The highest BCUT2D eigenvalue weighted by atomic mass is 32.1. The van der Waals surface area contributed by atoms with Crippen LogP contribution in [0.5, 0.6) is 0 Å². The molecule has 0 atom stereocenters. The van der Waals surface area contributed by atoms with E-state index in [-0.39, 0.29) is 0 Å². The second kappa shape index (κ2) is 15.6. The van der Waals surface area contributed by atoms with Crippen molar-refractivity contribution in [2.24, 2.45) is 0 Å². The van der Waals surface area contributed by atoms with Crippen LogP contribution in [0, 0.1) is 0 Å². The number of rotatable bonds is 10. The highest BCUT2D eigenvalue weighted by Gasteiger charge is 2.18. The van der Waals surface area contributed by atoms with Crippen LogP contribution in [0.15, 0.2) is 228 Å². The van der Waals surface area contributed by atoms with Gasteiger partial charge in [0.05, 0.1) is 0 Å². The van der Waals surface area contributed by atoms with Gasteiger partial charge in [0.2, 0.25) is 0 Å². The van der Waals surface area contributed by atoms with E-state index in [4.69, 9.17) is 8.83 Å². The number of hydrogen-bond donors (Lipinski definition) is 0. The smallest absolute Gasteiger partial charge is 0.134 e. The zero-order chi connectivity index (χ0) is 40.5. The van der Waals surface area contributed by atoms with Gasteiger partial charge in [-0.25, -0.2) is 0 Å². The van der Waals surface area contributed by atoms with Crippen molar-refractivity contribution in [3.63, 3.8) is 0 Å². The van der Waals surface area contributed by atoms with Crippen LogP contribution in [0.4, 0.5) is 34.1 Å². The number of furan rings is 2. The minimum absolute atomic E-state index is 0.831. The summed E-state index contributed by atoms with van der Waals surface area (Å²) in [6.07, 6.45) is 7.35. The molecule has 6 aromatic carbocycles. The van der Waals surface area contributed by atoms with E-state index < -0.39 is 0 Å². The van der Waals surface area contributed by atoms with Crippen LogP contribution >= 0.6 is 11.3 Å². The quantitative estimate of drug-likeness (QED) is 0.137. The molecule has 290 valence electrons. The first-order chi connectivity index (χ1) is 30.2. The fourth-order valence-electron chi connectivity index (χ4n) is 7.96. The second-order valence-corrected chi connectivity index (χ2v) is 15.8. The Bertz CT molecular complexity index is 3020. The Morgan fingerprint density at radius 2 is 0.639 bits per heavy atom. The Morgan fingerprint density at radius 3 is 1.02 bits per heavy atom. The summed E-state index contributed by atoms with van der Waals surface area (Å²) in [6.45, 7) is 0. The Morgan fingerprint density at radius 1 is 0.311 bits per heavy atom. The van der Waals surface area contributed by atoms with Gasteiger partial charge in [-0.15, -0.1) is 11.3 Å². The fraction of sp³-hybridized carbons (Fsp3) is 0. The van der Waals surface area contributed by atoms with Gasteiger partial charge in [0.25, 0.3) is 0 Å². The first kappa shape index (κ1) is 36.1. The average molecular weight is 805 g/mol. The predicted molar refractivity (Wildman–Crippen MR) is 251 cm³/mol. The molecule has 11 rings (SSSR count). The summed E-state index contributed by atoms with van der Waals surface area (Å²) in [4.78, 5) is 13.2. The monoisotopic (exact) mass is 804 g/mol. The van der Waals surface area contributed by atoms with Crippen LogP contribution in [0.1, 0.15) is 0 Å². The van der Waals surface area contributed by atoms with Crippen molar-refractivity contribution in [2.75, 3.05) is 9.80 Å². The van der Waals surface area contributed by atoms with E-state index in [1.165, 1.54) is 20.2 Å². The highest BCUT2D eigenvalue weighted by molar-refractivity contribution is 7.25. The lowest BCUT2D eigenvalue weighted by Gasteiger charge is -2.25. The summed E-state index contributed by atoms with van der Waals surface area (Å²) in [7, 11) is 0. The third kappa shape index (κ3) is 7.03. The molecular weight excluding hydrogens is 769 g/mol. The molecule has 0 aliphatic heterocycles. The minimum atomic E-state index is 0.831. The molecule has 61 heavy (non-hydrogen) atoms. The average Bonchev–Trinajstić information content (AvgIpc) is 4.11. The molecule has 0 bridgehead atoms. The summed E-state index contributed by atoms with van der Waals surface area (Å²) in [5, 5.41) is 2.45. The number of nitrogens with zero attached hydrogens (tertiary/aromatic N) is 4. The van der Waals surface area contributed by atoms with Gasteiger partial charge in [-0.05, 0) is 121 Å². The van der Waals surface area contributed by atoms with Gasteiger partial charge in [-0.3, -0.25) is 9.97 Å². The molecule has 0 saturated carbocycles. The summed E-state index contributed by atoms with van der Waals surface area (Å²) in [5.74, 6) is 3.37. The van der Waals surface area contributed by atoms with E-state index in [0.29, 0.717) is 0 Å².